The molecule has 4 aromatic rings. The molecule has 5 aliphatic rings. The lowest BCUT2D eigenvalue weighted by molar-refractivity contribution is 0.0697. The van der Waals surface area contributed by atoms with Crippen LogP contribution in [0.2, 0.25) is 0 Å². The number of anilines is 2. The molecule has 12 nitrogen and oxygen atoms in total. The minimum absolute atomic E-state index is 0.0401. The van der Waals surface area contributed by atoms with Crippen LogP contribution in [0, 0.1) is 5.41 Å². The van der Waals surface area contributed by atoms with E-state index in [-0.39, 0.29) is 40.4 Å². The minimum Gasteiger partial charge on any atom is -0.478 e. The van der Waals surface area contributed by atoms with E-state index >= 15 is 0 Å². The molecule has 1 fully saturated rings. The van der Waals surface area contributed by atoms with E-state index in [9.17, 15) is 19.5 Å². The van der Waals surface area contributed by atoms with Crippen molar-refractivity contribution in [3.05, 3.63) is 137 Å². The van der Waals surface area contributed by atoms with Gasteiger partial charge in [0.15, 0.2) is 0 Å². The third-order valence-electron chi connectivity index (χ3n) is 13.6. The molecule has 9 rings (SSSR count). The highest BCUT2D eigenvalue weighted by molar-refractivity contribution is 8.76. The number of hydrogen-bond donors (Lipinski definition) is 5. The number of amides is 2. The summed E-state index contributed by atoms with van der Waals surface area (Å²) >= 11 is 0. The number of rotatable bonds is 14. The van der Waals surface area contributed by atoms with E-state index in [1.807, 2.05) is 18.4 Å². The Bertz CT molecular complexity index is 3380. The van der Waals surface area contributed by atoms with Crippen LogP contribution < -0.4 is 36.6 Å². The van der Waals surface area contributed by atoms with E-state index in [0.29, 0.717) is 70.4 Å². The van der Waals surface area contributed by atoms with Gasteiger partial charge in [-0.25, -0.2) is 9.37 Å². The fraction of sp³-hybridized carbons (Fsp3) is 0.268. The number of hydrogen-bond acceptors (Lipinski definition) is 10. The fourth-order valence-corrected chi connectivity index (χ4v) is 11.5. The first-order chi connectivity index (χ1) is 33.9. The average Bonchev–Trinajstić information content (AvgIpc) is 3.36. The van der Waals surface area contributed by atoms with Crippen LogP contribution in [0.3, 0.4) is 0 Å². The van der Waals surface area contributed by atoms with Crippen LogP contribution in [0.5, 0.6) is 0 Å². The number of carboxylic acids is 1. The van der Waals surface area contributed by atoms with E-state index in [4.69, 9.17) is 20.0 Å². The van der Waals surface area contributed by atoms with Crippen LogP contribution >= 0.6 is 21.6 Å². The Labute approximate surface area is 414 Å². The molecule has 0 radical (unpaired) electrons. The SMILES string of the molecule is CCN(CC)c1ccc2c(-c3ccc(C(=O)NC4CCC(NC(=O)c5ccc(-c6c7ccc(=N)cc-7oc7cc(N)ccc67)c(C(=O)O)c5)CC4)cc3SSC)c3ccc(=[N+](CC)CC)cc-3oc2c1. The van der Waals surface area contributed by atoms with Gasteiger partial charge in [-0.15, -0.1) is 0 Å². The van der Waals surface area contributed by atoms with Crippen molar-refractivity contribution in [2.75, 3.05) is 43.1 Å². The lowest BCUT2D eigenvalue weighted by Crippen LogP contribution is -2.43. The van der Waals surface area contributed by atoms with Gasteiger partial charge in [0.1, 0.15) is 35.8 Å². The second-order valence-electron chi connectivity index (χ2n) is 17.6. The number of nitrogen functional groups attached to an aromatic ring is 1. The lowest BCUT2D eigenvalue weighted by Gasteiger charge is -2.30. The van der Waals surface area contributed by atoms with Gasteiger partial charge in [-0.05, 0) is 137 Å². The predicted octanol–water partition coefficient (Wildman–Crippen LogP) is 11.0. The first-order valence-electron chi connectivity index (χ1n) is 23.9. The van der Waals surface area contributed by atoms with Crippen LogP contribution in [0.1, 0.15) is 84.5 Å². The number of carbonyl (C=O) groups excluding carboxylic acids is 2. The zero-order chi connectivity index (χ0) is 49.2. The van der Waals surface area contributed by atoms with Gasteiger partial charge in [0.25, 0.3) is 11.8 Å². The molecule has 6 N–H and O–H groups in total. The quantitative estimate of drug-likeness (QED) is 0.0305. The lowest BCUT2D eigenvalue weighted by atomic mass is 9.89. The molecule has 14 heteroatoms. The summed E-state index contributed by atoms with van der Waals surface area (Å²) in [4.78, 5) is 43.9. The normalized spacial score (nSPS) is 14.8. The number of aromatic carboxylic acids is 1. The summed E-state index contributed by atoms with van der Waals surface area (Å²) in [5.41, 5.74) is 14.4. The smallest absolute Gasteiger partial charge is 0.336 e. The van der Waals surface area contributed by atoms with Crippen molar-refractivity contribution >= 4 is 72.7 Å². The van der Waals surface area contributed by atoms with Crippen molar-refractivity contribution in [2.45, 2.75) is 70.4 Å². The molecule has 4 aromatic carbocycles. The van der Waals surface area contributed by atoms with Gasteiger partial charge >= 0.3 is 5.97 Å². The summed E-state index contributed by atoms with van der Waals surface area (Å²) in [6.45, 7) is 12.2. The standard InChI is InChI=1S/C56H56N6O6S2/c1-6-61(7-2)38-18-24-43-49(30-38)68-50-31-39(62(8-3)9-4)19-25-44(50)53(43)45-21-11-33(27-51(45)70-69-5)55(64)60-37-16-14-36(15-17-37)59-54(63)32-10-20-40(46(26-32)56(65)66)52-41-22-12-34(57)28-47(41)67-48-29-35(58)13-23-42(48)52/h10-13,18-31,36-37H,6-9,14-17H2,1-5H3,(H5-,57,58,59,60,63,64,65,66)/p+1. The van der Waals surface area contributed by atoms with Gasteiger partial charge in [-0.2, -0.15) is 0 Å². The van der Waals surface area contributed by atoms with Crippen LogP contribution in [-0.2, 0) is 0 Å². The van der Waals surface area contributed by atoms with Gasteiger partial charge in [0.2, 0.25) is 5.36 Å². The molecule has 2 aliphatic heterocycles. The van der Waals surface area contributed by atoms with Gasteiger partial charge in [0, 0.05) is 110 Å². The molecule has 70 heavy (non-hydrogen) atoms. The Morgan fingerprint density at radius 3 is 1.86 bits per heavy atom. The molecule has 0 spiro atoms. The van der Waals surface area contributed by atoms with Crippen molar-refractivity contribution in [1.29, 1.82) is 5.41 Å². The van der Waals surface area contributed by atoms with Gasteiger partial charge in [-0.1, -0.05) is 33.7 Å². The topological polar surface area (TPSA) is 178 Å². The van der Waals surface area contributed by atoms with Crippen LogP contribution in [-0.4, -0.2) is 67.4 Å². The number of nitrogens with zero attached hydrogens (tertiary/aromatic N) is 2. The molecule has 0 atom stereocenters. The molecule has 3 aliphatic carbocycles. The number of benzene rings is 6. The third kappa shape index (κ3) is 9.49. The summed E-state index contributed by atoms with van der Waals surface area (Å²) in [6.07, 6.45) is 4.66. The van der Waals surface area contributed by atoms with Crippen LogP contribution in [0.15, 0.2) is 123 Å². The first kappa shape index (κ1) is 48.0. The number of fused-ring (bicyclic) bond motifs is 4. The van der Waals surface area contributed by atoms with Crippen molar-refractivity contribution in [1.82, 2.24) is 15.2 Å². The van der Waals surface area contributed by atoms with E-state index in [0.717, 1.165) is 75.5 Å². The third-order valence-corrected chi connectivity index (χ3v) is 15.3. The van der Waals surface area contributed by atoms with E-state index < -0.39 is 5.97 Å². The Morgan fingerprint density at radius 2 is 1.24 bits per heavy atom. The van der Waals surface area contributed by atoms with E-state index in [1.54, 1.807) is 70.1 Å². The number of nitrogens with one attached hydrogen (secondary N) is 3. The van der Waals surface area contributed by atoms with Crippen LogP contribution in [0.4, 0.5) is 11.4 Å². The number of carboxylic acid groups (broad SMARTS) is 1. The van der Waals surface area contributed by atoms with E-state index in [1.165, 1.54) is 6.07 Å². The highest BCUT2D eigenvalue weighted by Gasteiger charge is 2.28. The monoisotopic (exact) mass is 973 g/mol. The molecular weight excluding hydrogens is 917 g/mol. The molecule has 358 valence electrons. The maximum atomic E-state index is 14.0. The summed E-state index contributed by atoms with van der Waals surface area (Å²) < 4.78 is 15.2. The molecular formula is C56H57N6O6S2+. The molecule has 1 saturated carbocycles. The van der Waals surface area contributed by atoms with Gasteiger partial charge in [0.05, 0.1) is 17.0 Å². The molecule has 2 amide bonds. The molecule has 0 aromatic heterocycles. The number of nitrogens with two attached hydrogens (primary N) is 1. The zero-order valence-electron chi connectivity index (χ0n) is 40.0. The summed E-state index contributed by atoms with van der Waals surface area (Å²) in [5, 5.41) is 28.0. The highest BCUT2D eigenvalue weighted by atomic mass is 33.1. The maximum Gasteiger partial charge on any atom is 0.336 e. The summed E-state index contributed by atoms with van der Waals surface area (Å²) in [5.74, 6) is -0.480. The minimum atomic E-state index is -1.18. The Balaban J connectivity index is 0.926. The second kappa shape index (κ2) is 20.5. The van der Waals surface area contributed by atoms with Gasteiger partial charge in [-0.3, -0.25) is 9.59 Å². The molecule has 0 saturated heterocycles. The summed E-state index contributed by atoms with van der Waals surface area (Å²) in [6, 6.07) is 33.5. The second-order valence-corrected chi connectivity index (χ2v) is 20.1. The van der Waals surface area contributed by atoms with Crippen molar-refractivity contribution in [3.8, 4) is 44.9 Å². The predicted molar refractivity (Wildman–Crippen MR) is 284 cm³/mol. The average molecular weight is 974 g/mol. The Morgan fingerprint density at radius 1 is 0.686 bits per heavy atom. The van der Waals surface area contributed by atoms with Gasteiger partial charge < -0.3 is 40.6 Å². The molecule has 0 unspecified atom stereocenters. The Hall–Kier alpha value is -7.03. The molecule has 0 bridgehead atoms. The highest BCUT2D eigenvalue weighted by Crippen LogP contribution is 2.46. The maximum absolute atomic E-state index is 14.0. The van der Waals surface area contributed by atoms with Crippen molar-refractivity contribution in [2.24, 2.45) is 0 Å². The number of carbonyl (C=O) groups is 3. The van der Waals surface area contributed by atoms with Crippen molar-refractivity contribution < 1.29 is 28.3 Å². The zero-order valence-corrected chi connectivity index (χ0v) is 41.6. The molecule has 2 heterocycles. The fourth-order valence-electron chi connectivity index (χ4n) is 9.95. The van der Waals surface area contributed by atoms with E-state index in [2.05, 4.69) is 90.3 Å². The largest absolute Gasteiger partial charge is 0.478 e. The van der Waals surface area contributed by atoms with Crippen LogP contribution in [0.25, 0.3) is 66.8 Å². The summed E-state index contributed by atoms with van der Waals surface area (Å²) in [7, 11) is 3.27. The first-order valence-corrected chi connectivity index (χ1v) is 26.5. The Kier molecular flexibility index (Phi) is 14.1. The van der Waals surface area contributed by atoms with Crippen molar-refractivity contribution in [3.63, 3.8) is 0 Å².